The Hall–Kier alpha value is -7.71. The molecule has 1 fully saturated rings. The predicted octanol–water partition coefficient (Wildman–Crippen LogP) is 4.49. The van der Waals surface area contributed by atoms with Crippen LogP contribution in [0.3, 0.4) is 0 Å². The number of nitrogens with one attached hydrogen (secondary N) is 6. The van der Waals surface area contributed by atoms with Gasteiger partial charge in [-0.15, -0.1) is 11.3 Å². The summed E-state index contributed by atoms with van der Waals surface area (Å²) in [6.45, 7) is 13.1. The van der Waals surface area contributed by atoms with Crippen LogP contribution in [0.5, 0.6) is 0 Å². The van der Waals surface area contributed by atoms with Crippen molar-refractivity contribution in [3.05, 3.63) is 130 Å². The minimum absolute atomic E-state index is 0.00304. The quantitative estimate of drug-likeness (QED) is 0.0181. The Morgan fingerprint density at radius 1 is 0.847 bits per heavy atom. The molecule has 1 aliphatic carbocycles. The van der Waals surface area contributed by atoms with Crippen LogP contribution < -0.4 is 50.2 Å². The van der Waals surface area contributed by atoms with Crippen LogP contribution in [0.4, 0.5) is 10.5 Å². The average Bonchev–Trinajstić information content (AvgIpc) is 1.57. The monoisotopic (exact) mass is 1220 g/mol. The molecule has 3 aromatic carbocycles. The van der Waals surface area contributed by atoms with E-state index in [2.05, 4.69) is 35.6 Å². The molecule has 7 N–H and O–H groups in total. The number of thiazole rings is 1. The fourth-order valence-electron chi connectivity index (χ4n) is 10.8. The Bertz CT molecular complexity index is 3880. The molecule has 2 aromatic heterocycles. The molecule has 0 spiro atoms. The van der Waals surface area contributed by atoms with E-state index in [0.717, 1.165) is 71.7 Å². The number of sulfonamides is 1. The summed E-state index contributed by atoms with van der Waals surface area (Å²) in [6.07, 6.45) is 5.84. The lowest BCUT2D eigenvalue weighted by molar-refractivity contribution is -0.688. The van der Waals surface area contributed by atoms with Gasteiger partial charge in [-0.3, -0.25) is 24.3 Å². The van der Waals surface area contributed by atoms with Crippen molar-refractivity contribution in [1.82, 2.24) is 44.6 Å². The molecule has 2 aliphatic heterocycles. The zero-order valence-corrected chi connectivity index (χ0v) is 51.6. The largest absolute Gasteiger partial charge is 0.456 e. The van der Waals surface area contributed by atoms with Crippen molar-refractivity contribution in [3.8, 4) is 22.5 Å². The minimum Gasteiger partial charge on any atom is -0.456 e. The van der Waals surface area contributed by atoms with Gasteiger partial charge in [0.2, 0.25) is 29.4 Å². The van der Waals surface area contributed by atoms with Gasteiger partial charge in [-0.25, -0.2) is 31.6 Å². The third-order valence-corrected chi connectivity index (χ3v) is 18.7. The SMILES string of the molecule is CCN(CC)c1ccc2c(-c3ccc(S(=O)(=O)NC(=O)NCCCC[C@H](NC(=O)Cc4csc(=N)n4C)C(=O)N[C@@H](Cc4c[n+](Cc5ccccc5)cn4C)C(=O)NC4CCN(C)CC4)cc3S(=O)(=O)O)c3ccc(=[N+](CC)CC)cc-3oc2c1. The number of carbonyl (C=O) groups excluding carboxylic acids is 4. The fraction of sp³-hybridized carbons (Fsp3) is 0.417. The molecule has 4 heterocycles. The van der Waals surface area contributed by atoms with Crippen molar-refractivity contribution >= 4 is 71.9 Å². The van der Waals surface area contributed by atoms with Crippen LogP contribution in [-0.4, -0.2) is 130 Å². The normalized spacial score (nSPS) is 14.0. The zero-order valence-electron chi connectivity index (χ0n) is 49.2. The Kier molecular flexibility index (Phi) is 20.9. The Morgan fingerprint density at radius 2 is 1.56 bits per heavy atom. The number of likely N-dealkylation sites (tertiary alicyclic amines) is 1. The number of hydrogen-bond donors (Lipinski definition) is 7. The number of benzene rings is 4. The van der Waals surface area contributed by atoms with Crippen molar-refractivity contribution in [2.75, 3.05) is 57.8 Å². The summed E-state index contributed by atoms with van der Waals surface area (Å²) in [5.74, 6) is -1.04. The van der Waals surface area contributed by atoms with Crippen LogP contribution in [0.15, 0.2) is 117 Å². The number of anilines is 1. The van der Waals surface area contributed by atoms with Gasteiger partial charge in [0.25, 0.3) is 20.1 Å². The van der Waals surface area contributed by atoms with Crippen molar-refractivity contribution in [2.45, 2.75) is 107 Å². The first-order valence-electron chi connectivity index (χ1n) is 28.7. The van der Waals surface area contributed by atoms with Crippen molar-refractivity contribution < 1.29 is 49.6 Å². The standard InChI is InChI=1S/C60H76N12O10S3/c1-8-71(9-2)42-20-23-47-52(32-42)82-53-33-43(72(10-3)11-4)21-24-48(53)56(47)49-25-22-46(35-54(49)85(79,80)81)84(77,78)66-60(76)62-28-16-15-19-50(64-55(73)34-45-38-83-59(61)69(45)7)57(74)65-51(58(75)63-41-26-29-67(5)30-27-41)31-44-37-70(39-68(44)6)36-40-17-13-12-14-18-40/h12-14,17-18,20-25,32-33,35,37-39,41,50-51,61H,8-11,15-16,19,26-31,34,36H2,1-7H3,(H4-2,62,63,64,65,66,73,74,75,76,79,80,81)/p+2/t50-,51-/m0/s1. The van der Waals surface area contributed by atoms with Gasteiger partial charge in [-0.2, -0.15) is 8.42 Å². The van der Waals surface area contributed by atoms with Crippen LogP contribution in [0.2, 0.25) is 0 Å². The van der Waals surface area contributed by atoms with Crippen LogP contribution in [0.1, 0.15) is 76.8 Å². The molecule has 1 saturated heterocycles. The molecular weight excluding hydrogens is 1140 g/mol. The fourth-order valence-corrected chi connectivity index (χ4v) is 13.3. The number of piperidine rings is 1. The number of aromatic nitrogens is 3. The van der Waals surface area contributed by atoms with E-state index in [9.17, 15) is 40.6 Å². The predicted molar refractivity (Wildman–Crippen MR) is 326 cm³/mol. The molecule has 0 saturated carbocycles. The van der Waals surface area contributed by atoms with Gasteiger partial charge >= 0.3 is 6.03 Å². The molecule has 0 radical (unpaired) electrons. The first kappa shape index (κ1) is 63.3. The molecular formula is C60H78N12O10S3+2. The molecule has 2 atom stereocenters. The summed E-state index contributed by atoms with van der Waals surface area (Å²) in [5.41, 5.74) is 4.61. The van der Waals surface area contributed by atoms with E-state index in [1.807, 2.05) is 123 Å². The van der Waals surface area contributed by atoms with E-state index < -0.39 is 59.9 Å². The van der Waals surface area contributed by atoms with Crippen molar-refractivity contribution in [2.24, 2.45) is 14.1 Å². The molecule has 5 aromatic rings. The van der Waals surface area contributed by atoms with Crippen LogP contribution in [0.25, 0.3) is 33.4 Å². The summed E-state index contributed by atoms with van der Waals surface area (Å²) < 4.78 is 81.3. The Balaban J connectivity index is 0.983. The van der Waals surface area contributed by atoms with Gasteiger partial charge in [-0.05, 0) is 116 Å². The third kappa shape index (κ3) is 15.8. The molecule has 0 unspecified atom stereocenters. The first-order valence-corrected chi connectivity index (χ1v) is 32.5. The highest BCUT2D eigenvalue weighted by atomic mass is 32.2. The number of aryl methyl sites for hydroxylation is 1. The number of fused-ring (bicyclic) bond motifs is 2. The maximum Gasteiger partial charge on any atom is 0.328 e. The van der Waals surface area contributed by atoms with Gasteiger partial charge in [0.15, 0.2) is 4.80 Å². The van der Waals surface area contributed by atoms with E-state index in [1.165, 1.54) is 6.07 Å². The first-order chi connectivity index (χ1) is 40.6. The summed E-state index contributed by atoms with van der Waals surface area (Å²) >= 11 is 1.16. The summed E-state index contributed by atoms with van der Waals surface area (Å²) in [6, 6.07) is 20.9. The van der Waals surface area contributed by atoms with Crippen LogP contribution in [-0.2, 0) is 68.0 Å². The number of unbranched alkanes of at least 4 members (excludes halogenated alkanes) is 1. The summed E-state index contributed by atoms with van der Waals surface area (Å²) in [5, 5.41) is 22.7. The number of urea groups is 1. The van der Waals surface area contributed by atoms with Gasteiger partial charge in [-0.1, -0.05) is 36.4 Å². The highest BCUT2D eigenvalue weighted by molar-refractivity contribution is 7.90. The summed E-state index contributed by atoms with van der Waals surface area (Å²) in [4.78, 5) is 58.9. The Morgan fingerprint density at radius 3 is 2.24 bits per heavy atom. The maximum atomic E-state index is 14.5. The van der Waals surface area contributed by atoms with Gasteiger partial charge < -0.3 is 40.1 Å². The summed E-state index contributed by atoms with van der Waals surface area (Å²) in [7, 11) is -4.31. The number of amides is 5. The molecule has 8 rings (SSSR count). The van der Waals surface area contributed by atoms with Crippen LogP contribution in [0, 0.1) is 5.41 Å². The third-order valence-electron chi connectivity index (χ3n) is 15.6. The topological polar surface area (TPSA) is 277 Å². The molecule has 22 nitrogen and oxygen atoms in total. The number of rotatable bonds is 25. The minimum atomic E-state index is -5.12. The highest BCUT2D eigenvalue weighted by Gasteiger charge is 2.32. The second-order valence-corrected chi connectivity index (χ2v) is 25.3. The van der Waals surface area contributed by atoms with Crippen molar-refractivity contribution in [1.29, 1.82) is 5.41 Å². The van der Waals surface area contributed by atoms with Gasteiger partial charge in [0.05, 0.1) is 24.4 Å². The molecule has 0 bridgehead atoms. The molecule has 5 amide bonds. The number of nitrogens with zero attached hydrogens (tertiary/aromatic N) is 6. The number of hydrogen-bond acceptors (Lipinski definition) is 13. The molecule has 85 heavy (non-hydrogen) atoms. The Labute approximate surface area is 500 Å². The number of imidazole rings is 1. The van der Waals surface area contributed by atoms with Crippen LogP contribution >= 0.6 is 11.3 Å². The molecule has 454 valence electrons. The second-order valence-electron chi connectivity index (χ2n) is 21.4. The number of carbonyl (C=O) groups is 4. The van der Waals surface area contributed by atoms with E-state index in [1.54, 1.807) is 29.1 Å². The van der Waals surface area contributed by atoms with E-state index in [0.29, 0.717) is 66.3 Å². The zero-order chi connectivity index (χ0) is 61.2. The van der Waals surface area contributed by atoms with E-state index in [4.69, 9.17) is 9.83 Å². The van der Waals surface area contributed by atoms with Crippen molar-refractivity contribution in [3.63, 3.8) is 0 Å². The molecule has 25 heteroatoms. The second kappa shape index (κ2) is 28.0. The maximum absolute atomic E-state index is 14.5. The smallest absolute Gasteiger partial charge is 0.328 e. The lowest BCUT2D eigenvalue weighted by atomic mass is 9.93. The van der Waals surface area contributed by atoms with Gasteiger partial charge in [0, 0.05) is 90.1 Å². The van der Waals surface area contributed by atoms with Gasteiger partial charge in [0.1, 0.15) is 59.8 Å². The van der Waals surface area contributed by atoms with E-state index >= 15 is 0 Å². The lowest BCUT2D eigenvalue weighted by Gasteiger charge is -2.31. The lowest BCUT2D eigenvalue weighted by Crippen LogP contribution is -2.56. The van der Waals surface area contributed by atoms with E-state index in [-0.39, 0.29) is 61.0 Å². The average molecular weight is 1220 g/mol. The highest BCUT2D eigenvalue weighted by Crippen LogP contribution is 2.43. The molecule has 3 aliphatic rings.